The Bertz CT molecular complexity index is 1260. The van der Waals surface area contributed by atoms with E-state index in [0.29, 0.717) is 0 Å². The first-order valence-electron chi connectivity index (χ1n) is 7.63. The fourth-order valence-corrected chi connectivity index (χ4v) is 7.30. The number of hydrogen-bond acceptors (Lipinski definition) is 6. The van der Waals surface area contributed by atoms with Crippen molar-refractivity contribution in [3.05, 3.63) is 84.9 Å². The Morgan fingerprint density at radius 1 is 0.370 bits per heavy atom. The van der Waals surface area contributed by atoms with Crippen molar-refractivity contribution in [2.24, 2.45) is 0 Å². The van der Waals surface area contributed by atoms with Gasteiger partial charge in [-0.1, -0.05) is 36.4 Å². The van der Waals surface area contributed by atoms with E-state index in [1.807, 2.05) is 0 Å². The van der Waals surface area contributed by atoms with E-state index in [1.54, 1.807) is 24.3 Å². The first-order valence-corrected chi connectivity index (χ1v) is 12.6. The first-order chi connectivity index (χ1) is 12.7. The molecule has 3 aromatic rings. The summed E-state index contributed by atoms with van der Waals surface area (Å²) in [5.74, 6) is 0. The molecule has 0 fully saturated rings. The number of benzene rings is 3. The van der Waals surface area contributed by atoms with E-state index >= 15 is 0 Å². The van der Waals surface area contributed by atoms with E-state index in [-0.39, 0.29) is 14.7 Å². The maximum absolute atomic E-state index is 12.5. The fraction of sp³-hybridized carbons (Fsp3) is 0. The summed E-state index contributed by atoms with van der Waals surface area (Å²) < 4.78 is 75.1. The van der Waals surface area contributed by atoms with E-state index < -0.39 is 32.5 Å². The van der Waals surface area contributed by atoms with E-state index in [0.717, 1.165) is 24.3 Å². The third-order valence-corrected chi connectivity index (χ3v) is 10.7. The van der Waals surface area contributed by atoms with Gasteiger partial charge in [0, 0.05) is 0 Å². The number of sulfone groups is 1. The molecule has 0 heterocycles. The van der Waals surface area contributed by atoms with Gasteiger partial charge in [-0.25, -0.2) is 25.3 Å². The van der Waals surface area contributed by atoms with Gasteiger partial charge in [-0.05, 0) is 48.5 Å². The zero-order valence-electron chi connectivity index (χ0n) is 13.8. The second-order valence-corrected chi connectivity index (χ2v) is 12.9. The molecule has 140 valence electrons. The number of rotatable bonds is 5. The maximum atomic E-state index is 12.5. The lowest BCUT2D eigenvalue weighted by atomic mass is 10.4. The highest BCUT2D eigenvalue weighted by Crippen LogP contribution is 2.27. The molecule has 0 bridgehead atoms. The molecular formula is C18H14O6S3. The lowest BCUT2D eigenvalue weighted by molar-refractivity contribution is 0.582. The van der Waals surface area contributed by atoms with Crippen molar-refractivity contribution in [3.63, 3.8) is 0 Å². The summed E-state index contributed by atoms with van der Waals surface area (Å²) in [4.78, 5) is -0.938. The van der Waals surface area contributed by atoms with E-state index in [2.05, 4.69) is 0 Å². The van der Waals surface area contributed by atoms with Crippen LogP contribution >= 0.6 is 0 Å². The Labute approximate surface area is 157 Å². The molecule has 0 spiro atoms. The average Bonchev–Trinajstić information content (AvgIpc) is 2.69. The summed E-state index contributed by atoms with van der Waals surface area (Å²) in [6.07, 6.45) is 0. The molecule has 3 rings (SSSR count). The maximum Gasteiger partial charge on any atom is 0.286 e. The van der Waals surface area contributed by atoms with Crippen LogP contribution in [0.25, 0.3) is 0 Å². The van der Waals surface area contributed by atoms with Gasteiger partial charge in [0.15, 0.2) is 0 Å². The van der Waals surface area contributed by atoms with Crippen LogP contribution in [-0.4, -0.2) is 25.3 Å². The van der Waals surface area contributed by atoms with Gasteiger partial charge in [0.05, 0.1) is 19.6 Å². The van der Waals surface area contributed by atoms with Crippen molar-refractivity contribution < 1.29 is 25.3 Å². The quantitative estimate of drug-likeness (QED) is 0.586. The number of hydrogen-bond donors (Lipinski definition) is 0. The smallest absolute Gasteiger partial charge is 0.219 e. The van der Waals surface area contributed by atoms with E-state index in [1.165, 1.54) is 36.4 Å². The fourth-order valence-electron chi connectivity index (χ4n) is 2.36. The van der Waals surface area contributed by atoms with E-state index in [4.69, 9.17) is 0 Å². The van der Waals surface area contributed by atoms with Gasteiger partial charge in [-0.3, -0.25) is 0 Å². The Morgan fingerprint density at radius 2 is 0.667 bits per heavy atom. The second kappa shape index (κ2) is 6.91. The van der Waals surface area contributed by atoms with Crippen molar-refractivity contribution in [2.45, 2.75) is 19.6 Å². The average molecular weight is 423 g/mol. The minimum atomic E-state index is -4.74. The predicted octanol–water partition coefficient (Wildman–Crippen LogP) is 2.68. The van der Waals surface area contributed by atoms with Crippen molar-refractivity contribution in [1.29, 1.82) is 0 Å². The van der Waals surface area contributed by atoms with Crippen molar-refractivity contribution in [2.75, 3.05) is 0 Å². The van der Waals surface area contributed by atoms with Gasteiger partial charge < -0.3 is 0 Å². The van der Waals surface area contributed by atoms with E-state index in [9.17, 15) is 25.3 Å². The Morgan fingerprint density at radius 3 is 1.11 bits per heavy atom. The third-order valence-electron chi connectivity index (χ3n) is 3.80. The lowest BCUT2D eigenvalue weighted by Gasteiger charge is -2.08. The zero-order chi connectivity index (χ0) is 19.7. The monoisotopic (exact) mass is 422 g/mol. The van der Waals surface area contributed by atoms with Crippen LogP contribution in [0.5, 0.6) is 0 Å². The minimum Gasteiger partial charge on any atom is -0.219 e. The minimum absolute atomic E-state index is 0.0533. The van der Waals surface area contributed by atoms with Crippen LogP contribution in [-0.2, 0) is 27.6 Å². The molecule has 0 aromatic heterocycles. The summed E-state index contributed by atoms with van der Waals surface area (Å²) in [5, 5.41) is 0. The normalized spacial score (nSPS) is 12.6. The van der Waals surface area contributed by atoms with Gasteiger partial charge >= 0.3 is 0 Å². The van der Waals surface area contributed by atoms with Gasteiger partial charge in [0.2, 0.25) is 9.84 Å². The molecule has 9 heteroatoms. The summed E-state index contributed by atoms with van der Waals surface area (Å²) in [6.45, 7) is 0. The molecule has 0 unspecified atom stereocenters. The van der Waals surface area contributed by atoms with Gasteiger partial charge in [0.1, 0.15) is 0 Å². The summed E-state index contributed by atoms with van der Waals surface area (Å²) in [5.41, 5.74) is 0. The second-order valence-electron chi connectivity index (χ2n) is 5.51. The summed E-state index contributed by atoms with van der Waals surface area (Å²) in [6, 6.07) is 18.5. The molecule has 6 nitrogen and oxygen atoms in total. The highest BCUT2D eigenvalue weighted by Gasteiger charge is 2.33. The van der Waals surface area contributed by atoms with Gasteiger partial charge in [0.25, 0.3) is 17.7 Å². The largest absolute Gasteiger partial charge is 0.286 e. The Hall–Kier alpha value is -2.49. The molecule has 0 N–H and O–H groups in total. The molecule has 3 aromatic carbocycles. The molecule has 0 amide bonds. The molecule has 27 heavy (non-hydrogen) atoms. The molecule has 0 saturated heterocycles. The van der Waals surface area contributed by atoms with Gasteiger partial charge in [-0.15, -0.1) is 0 Å². The van der Waals surface area contributed by atoms with Crippen molar-refractivity contribution in [1.82, 2.24) is 0 Å². The van der Waals surface area contributed by atoms with Crippen LogP contribution < -0.4 is 0 Å². The van der Waals surface area contributed by atoms with Crippen LogP contribution in [0, 0.1) is 0 Å². The van der Waals surface area contributed by atoms with Crippen molar-refractivity contribution >= 4 is 27.6 Å². The summed E-state index contributed by atoms with van der Waals surface area (Å²) >= 11 is 0. The molecule has 0 atom stereocenters. The molecule has 0 aliphatic rings. The van der Waals surface area contributed by atoms with Crippen LogP contribution in [0.4, 0.5) is 0 Å². The van der Waals surface area contributed by atoms with Crippen molar-refractivity contribution in [3.8, 4) is 0 Å². The summed E-state index contributed by atoms with van der Waals surface area (Å²) in [7, 11) is -13.2. The zero-order valence-corrected chi connectivity index (χ0v) is 16.2. The molecule has 0 aliphatic carbocycles. The highest BCUT2D eigenvalue weighted by molar-refractivity contribution is 8.67. The molecule has 0 saturated carbocycles. The Kier molecular flexibility index (Phi) is 4.94. The third kappa shape index (κ3) is 3.41. The van der Waals surface area contributed by atoms with Crippen LogP contribution in [0.3, 0.4) is 0 Å². The Balaban J connectivity index is 2.03. The van der Waals surface area contributed by atoms with Crippen LogP contribution in [0.1, 0.15) is 0 Å². The topological polar surface area (TPSA) is 102 Å². The predicted molar refractivity (Wildman–Crippen MR) is 99.1 cm³/mol. The van der Waals surface area contributed by atoms with Crippen LogP contribution in [0.2, 0.25) is 0 Å². The highest BCUT2D eigenvalue weighted by atomic mass is 33.2. The van der Waals surface area contributed by atoms with Gasteiger partial charge in [-0.2, -0.15) is 0 Å². The molecule has 0 radical (unpaired) electrons. The SMILES string of the molecule is O=S(=O)(c1ccccc1)c1ccc(S(=O)(=O)S(=O)(=O)c2ccccc2)cc1. The lowest BCUT2D eigenvalue weighted by Crippen LogP contribution is -2.16. The first kappa shape index (κ1) is 19.3. The van der Waals surface area contributed by atoms with Crippen LogP contribution in [0.15, 0.2) is 105 Å². The molecular weight excluding hydrogens is 408 g/mol. The standard InChI is InChI=1S/C18H14O6S3/c19-25(20,15-7-3-1-4-8-15)16-11-13-18(14-12-16)27(23,24)26(21,22)17-9-5-2-6-10-17/h1-14H. The molecule has 0 aliphatic heterocycles.